The molecule has 3 rings (SSSR count). The van der Waals surface area contributed by atoms with E-state index in [9.17, 15) is 4.79 Å². The van der Waals surface area contributed by atoms with Crippen LogP contribution in [-0.4, -0.2) is 31.9 Å². The Bertz CT molecular complexity index is 766. The van der Waals surface area contributed by atoms with Gasteiger partial charge in [-0.3, -0.25) is 4.79 Å². The molecule has 0 unspecified atom stereocenters. The molecule has 2 aromatic carbocycles. The molecule has 0 saturated heterocycles. The molecule has 7 heteroatoms. The second kappa shape index (κ2) is 8.39. The second-order valence-electron chi connectivity index (χ2n) is 5.39. The van der Waals surface area contributed by atoms with E-state index in [0.717, 1.165) is 12.1 Å². The van der Waals surface area contributed by atoms with Gasteiger partial charge < -0.3 is 14.8 Å². The summed E-state index contributed by atoms with van der Waals surface area (Å²) in [4.78, 5) is 11.8. The predicted octanol–water partition coefficient (Wildman–Crippen LogP) is 3.06. The Labute approximate surface area is 150 Å². The van der Waals surface area contributed by atoms with Crippen LogP contribution in [0.15, 0.2) is 47.6 Å². The van der Waals surface area contributed by atoms with Crippen LogP contribution in [0.3, 0.4) is 0 Å². The van der Waals surface area contributed by atoms with Gasteiger partial charge in [0, 0.05) is 12.1 Å². The molecule has 1 amide bonds. The number of anilines is 1. The Morgan fingerprint density at radius 3 is 2.84 bits per heavy atom. The van der Waals surface area contributed by atoms with Crippen molar-refractivity contribution in [3.05, 3.63) is 53.1 Å². The molecule has 0 atom stereocenters. The van der Waals surface area contributed by atoms with Crippen LogP contribution in [0, 0.1) is 0 Å². The zero-order chi connectivity index (χ0) is 17.5. The van der Waals surface area contributed by atoms with Crippen molar-refractivity contribution in [1.29, 1.82) is 0 Å². The highest BCUT2D eigenvalue weighted by atomic mass is 35.5. The second-order valence-corrected chi connectivity index (χ2v) is 5.80. The fourth-order valence-electron chi connectivity index (χ4n) is 2.28. The number of hydrogen-bond donors (Lipinski definition) is 2. The number of nitrogens with one attached hydrogen (secondary N) is 2. The Morgan fingerprint density at radius 2 is 2.00 bits per heavy atom. The first-order valence-electron chi connectivity index (χ1n) is 7.92. The highest BCUT2D eigenvalue weighted by Gasteiger charge is 2.15. The van der Waals surface area contributed by atoms with E-state index >= 15 is 0 Å². The van der Waals surface area contributed by atoms with E-state index < -0.39 is 0 Å². The summed E-state index contributed by atoms with van der Waals surface area (Å²) in [6.07, 6.45) is 2.32. The SMILES string of the molecule is O=C(CNc1ccccc1)N/N=C\c1cc(Cl)c2c(c1)OCCCO2. The minimum atomic E-state index is -0.249. The van der Waals surface area contributed by atoms with Crippen LogP contribution in [0.25, 0.3) is 0 Å². The molecule has 1 aliphatic heterocycles. The average Bonchev–Trinajstić information content (AvgIpc) is 2.87. The summed E-state index contributed by atoms with van der Waals surface area (Å²) in [5.74, 6) is 0.886. The summed E-state index contributed by atoms with van der Waals surface area (Å²) in [5, 5.41) is 7.41. The van der Waals surface area contributed by atoms with Crippen molar-refractivity contribution in [3.8, 4) is 11.5 Å². The number of ether oxygens (including phenoxy) is 2. The van der Waals surface area contributed by atoms with Crippen molar-refractivity contribution in [2.75, 3.05) is 25.1 Å². The van der Waals surface area contributed by atoms with E-state index in [1.165, 1.54) is 6.21 Å². The predicted molar refractivity (Wildman–Crippen MR) is 97.7 cm³/mol. The first-order chi connectivity index (χ1) is 12.2. The van der Waals surface area contributed by atoms with Crippen molar-refractivity contribution in [2.24, 2.45) is 5.10 Å². The largest absolute Gasteiger partial charge is 0.489 e. The molecule has 25 heavy (non-hydrogen) atoms. The van der Waals surface area contributed by atoms with Gasteiger partial charge in [0.2, 0.25) is 0 Å². The van der Waals surface area contributed by atoms with Crippen LogP contribution in [0.5, 0.6) is 11.5 Å². The first kappa shape index (κ1) is 17.1. The van der Waals surface area contributed by atoms with Crippen molar-refractivity contribution in [1.82, 2.24) is 5.43 Å². The molecule has 130 valence electrons. The number of nitrogens with zero attached hydrogens (tertiary/aromatic N) is 1. The number of fused-ring (bicyclic) bond motifs is 1. The Balaban J connectivity index is 1.56. The quantitative estimate of drug-likeness (QED) is 0.635. The molecule has 0 fully saturated rings. The molecular weight excluding hydrogens is 342 g/mol. The molecule has 6 nitrogen and oxygen atoms in total. The van der Waals surface area contributed by atoms with Gasteiger partial charge in [0.15, 0.2) is 11.5 Å². The lowest BCUT2D eigenvalue weighted by atomic mass is 10.2. The number of hydrogen-bond acceptors (Lipinski definition) is 5. The van der Waals surface area contributed by atoms with Crippen LogP contribution in [0.2, 0.25) is 5.02 Å². The van der Waals surface area contributed by atoms with Crippen molar-refractivity contribution in [3.63, 3.8) is 0 Å². The Hall–Kier alpha value is -2.73. The van der Waals surface area contributed by atoms with E-state index in [4.69, 9.17) is 21.1 Å². The van der Waals surface area contributed by atoms with Gasteiger partial charge in [-0.1, -0.05) is 29.8 Å². The van der Waals surface area contributed by atoms with Crippen LogP contribution >= 0.6 is 11.6 Å². The monoisotopic (exact) mass is 359 g/mol. The van der Waals surface area contributed by atoms with Crippen LogP contribution < -0.4 is 20.2 Å². The zero-order valence-electron chi connectivity index (χ0n) is 13.5. The van der Waals surface area contributed by atoms with Crippen LogP contribution in [0.4, 0.5) is 5.69 Å². The lowest BCUT2D eigenvalue weighted by molar-refractivity contribution is -0.119. The number of hydrazone groups is 1. The van der Waals surface area contributed by atoms with E-state index in [1.807, 2.05) is 30.3 Å². The third kappa shape index (κ3) is 4.87. The van der Waals surface area contributed by atoms with Crippen molar-refractivity contribution in [2.45, 2.75) is 6.42 Å². The number of halogens is 1. The summed E-state index contributed by atoms with van der Waals surface area (Å²) in [5.41, 5.74) is 4.05. The third-order valence-corrected chi connectivity index (χ3v) is 3.73. The maximum atomic E-state index is 11.8. The van der Waals surface area contributed by atoms with Gasteiger partial charge in [-0.05, 0) is 29.8 Å². The van der Waals surface area contributed by atoms with Gasteiger partial charge in [-0.25, -0.2) is 5.43 Å². The van der Waals surface area contributed by atoms with Gasteiger partial charge in [0.25, 0.3) is 5.91 Å². The summed E-state index contributed by atoms with van der Waals surface area (Å²) >= 11 is 6.21. The summed E-state index contributed by atoms with van der Waals surface area (Å²) in [6, 6.07) is 13.0. The van der Waals surface area contributed by atoms with E-state index in [-0.39, 0.29) is 12.5 Å². The third-order valence-electron chi connectivity index (χ3n) is 3.45. The topological polar surface area (TPSA) is 72.0 Å². The molecule has 2 N–H and O–H groups in total. The minimum Gasteiger partial charge on any atom is -0.489 e. The van der Waals surface area contributed by atoms with Gasteiger partial charge in [0.05, 0.1) is 31.0 Å². The highest BCUT2D eigenvalue weighted by Crippen LogP contribution is 2.37. The maximum absolute atomic E-state index is 11.8. The van der Waals surface area contributed by atoms with E-state index in [2.05, 4.69) is 15.8 Å². The minimum absolute atomic E-state index is 0.128. The van der Waals surface area contributed by atoms with Gasteiger partial charge in [-0.15, -0.1) is 0 Å². The van der Waals surface area contributed by atoms with E-state index in [0.29, 0.717) is 35.3 Å². The lowest BCUT2D eigenvalue weighted by Crippen LogP contribution is -2.25. The van der Waals surface area contributed by atoms with Gasteiger partial charge >= 0.3 is 0 Å². The fraction of sp³-hybridized carbons (Fsp3) is 0.222. The van der Waals surface area contributed by atoms with Gasteiger partial charge in [-0.2, -0.15) is 5.10 Å². The van der Waals surface area contributed by atoms with Crippen LogP contribution in [-0.2, 0) is 4.79 Å². The number of para-hydroxylation sites is 1. The summed E-state index contributed by atoms with van der Waals surface area (Å²) < 4.78 is 11.2. The van der Waals surface area contributed by atoms with Crippen molar-refractivity contribution >= 4 is 29.4 Å². The maximum Gasteiger partial charge on any atom is 0.259 e. The van der Waals surface area contributed by atoms with Crippen LogP contribution in [0.1, 0.15) is 12.0 Å². The molecule has 0 saturated carbocycles. The molecule has 1 heterocycles. The molecule has 1 aliphatic rings. The molecule has 0 radical (unpaired) electrons. The highest BCUT2D eigenvalue weighted by molar-refractivity contribution is 6.32. The van der Waals surface area contributed by atoms with Crippen molar-refractivity contribution < 1.29 is 14.3 Å². The number of carbonyl (C=O) groups excluding carboxylic acids is 1. The number of benzene rings is 2. The molecule has 0 spiro atoms. The molecule has 0 aromatic heterocycles. The lowest BCUT2D eigenvalue weighted by Gasteiger charge is -2.09. The Kier molecular flexibility index (Phi) is 5.74. The number of amides is 1. The molecule has 0 bridgehead atoms. The fourth-order valence-corrected chi connectivity index (χ4v) is 2.56. The normalized spacial score (nSPS) is 13.3. The van der Waals surface area contributed by atoms with Gasteiger partial charge in [0.1, 0.15) is 0 Å². The number of rotatable bonds is 5. The standard InChI is InChI=1S/C18H18ClN3O3/c19-15-9-13(10-16-18(15)25-8-4-7-24-16)11-21-22-17(23)12-20-14-5-2-1-3-6-14/h1-3,5-6,9-11,20H,4,7-8,12H2,(H,22,23)/b21-11-. The first-order valence-corrected chi connectivity index (χ1v) is 8.30. The van der Waals surface area contributed by atoms with E-state index in [1.54, 1.807) is 12.1 Å². The average molecular weight is 360 g/mol. The smallest absolute Gasteiger partial charge is 0.259 e. The zero-order valence-corrected chi connectivity index (χ0v) is 14.3. The molecular formula is C18H18ClN3O3. The molecule has 2 aromatic rings. The molecule has 0 aliphatic carbocycles. The Morgan fingerprint density at radius 1 is 1.20 bits per heavy atom. The summed E-state index contributed by atoms with van der Waals surface area (Å²) in [7, 11) is 0. The number of carbonyl (C=O) groups is 1. The summed E-state index contributed by atoms with van der Waals surface area (Å²) in [6.45, 7) is 1.28.